The Morgan fingerprint density at radius 2 is 1.75 bits per heavy atom. The molecule has 0 unspecified atom stereocenters. The maximum atomic E-state index is 5.96. The van der Waals surface area contributed by atoms with Crippen molar-refractivity contribution in [2.24, 2.45) is 0 Å². The zero-order chi connectivity index (χ0) is 12.2. The second kappa shape index (κ2) is 5.69. The molecular formula is C13H19BrO2. The van der Waals surface area contributed by atoms with Crippen molar-refractivity contribution in [1.29, 1.82) is 0 Å². The van der Waals surface area contributed by atoms with Crippen LogP contribution in [0.5, 0.6) is 5.75 Å². The second-order valence-electron chi connectivity index (χ2n) is 4.65. The van der Waals surface area contributed by atoms with Gasteiger partial charge in [0, 0.05) is 5.33 Å². The Labute approximate surface area is 106 Å². The maximum absolute atomic E-state index is 5.96. The molecule has 0 aliphatic carbocycles. The van der Waals surface area contributed by atoms with Gasteiger partial charge in [-0.15, -0.1) is 0 Å². The van der Waals surface area contributed by atoms with Crippen molar-refractivity contribution in [1.82, 2.24) is 0 Å². The molecule has 1 rings (SSSR count). The lowest BCUT2D eigenvalue weighted by molar-refractivity contribution is -0.0501. The first-order valence-corrected chi connectivity index (χ1v) is 6.46. The Bertz CT molecular complexity index is 314. The number of rotatable bonds is 4. The highest BCUT2D eigenvalue weighted by atomic mass is 79.9. The average Bonchev–Trinajstić information content (AvgIpc) is 2.25. The minimum absolute atomic E-state index is 0.0749. The van der Waals surface area contributed by atoms with E-state index in [1.54, 1.807) is 7.11 Å². The molecule has 1 atom stereocenters. The van der Waals surface area contributed by atoms with E-state index in [9.17, 15) is 0 Å². The van der Waals surface area contributed by atoms with Crippen LogP contribution >= 0.6 is 15.9 Å². The standard InChI is InChI=1S/C13H19BrO2/c1-13(2,3)16-12(9-14)10-5-7-11(15-4)8-6-10/h5-8,12H,9H2,1-4H3/t12-/m1/s1. The molecule has 0 amide bonds. The molecule has 0 N–H and O–H groups in total. The van der Waals surface area contributed by atoms with Crippen LogP contribution in [-0.2, 0) is 4.74 Å². The summed E-state index contributed by atoms with van der Waals surface area (Å²) in [5.41, 5.74) is 1.02. The van der Waals surface area contributed by atoms with Gasteiger partial charge in [0.2, 0.25) is 0 Å². The molecule has 0 heterocycles. The largest absolute Gasteiger partial charge is 0.497 e. The Balaban J connectivity index is 2.79. The SMILES string of the molecule is COc1ccc([C@@H](CBr)OC(C)(C)C)cc1. The summed E-state index contributed by atoms with van der Waals surface area (Å²) < 4.78 is 11.1. The number of methoxy groups -OCH3 is 1. The van der Waals surface area contributed by atoms with Crippen LogP contribution in [0.1, 0.15) is 32.4 Å². The van der Waals surface area contributed by atoms with Gasteiger partial charge in [-0.3, -0.25) is 0 Å². The highest BCUT2D eigenvalue weighted by molar-refractivity contribution is 9.09. The average molecular weight is 287 g/mol. The molecule has 1 aromatic rings. The van der Waals surface area contributed by atoms with Crippen LogP contribution < -0.4 is 4.74 Å². The number of halogens is 1. The van der Waals surface area contributed by atoms with Crippen LogP contribution in [0.3, 0.4) is 0 Å². The minimum atomic E-state index is -0.141. The number of alkyl halides is 1. The van der Waals surface area contributed by atoms with Crippen LogP contribution in [0.2, 0.25) is 0 Å². The molecule has 16 heavy (non-hydrogen) atoms. The van der Waals surface area contributed by atoms with Gasteiger partial charge in [-0.25, -0.2) is 0 Å². The molecule has 0 saturated carbocycles. The Hall–Kier alpha value is -0.540. The maximum Gasteiger partial charge on any atom is 0.118 e. The van der Waals surface area contributed by atoms with E-state index in [0.29, 0.717) is 0 Å². The molecular weight excluding hydrogens is 268 g/mol. The summed E-state index contributed by atoms with van der Waals surface area (Å²) in [6, 6.07) is 7.99. The predicted molar refractivity (Wildman–Crippen MR) is 70.4 cm³/mol. The van der Waals surface area contributed by atoms with Crippen LogP contribution in [0.15, 0.2) is 24.3 Å². The Kier molecular flexibility index (Phi) is 4.81. The second-order valence-corrected chi connectivity index (χ2v) is 5.29. The zero-order valence-electron chi connectivity index (χ0n) is 10.3. The molecule has 90 valence electrons. The molecule has 0 bridgehead atoms. The molecule has 3 heteroatoms. The molecule has 1 aromatic carbocycles. The third kappa shape index (κ3) is 4.14. The van der Waals surface area contributed by atoms with Gasteiger partial charge in [-0.1, -0.05) is 28.1 Å². The number of hydrogen-bond acceptors (Lipinski definition) is 2. The first-order chi connectivity index (χ1) is 7.46. The van der Waals surface area contributed by atoms with E-state index in [2.05, 4.69) is 36.7 Å². The lowest BCUT2D eigenvalue weighted by Gasteiger charge is -2.26. The summed E-state index contributed by atoms with van der Waals surface area (Å²) >= 11 is 3.48. The van der Waals surface area contributed by atoms with Crippen LogP contribution in [-0.4, -0.2) is 18.0 Å². The first-order valence-electron chi connectivity index (χ1n) is 5.34. The number of benzene rings is 1. The highest BCUT2D eigenvalue weighted by Crippen LogP contribution is 2.26. The summed E-state index contributed by atoms with van der Waals surface area (Å²) in [6.07, 6.45) is 0.0749. The molecule has 0 spiro atoms. The van der Waals surface area contributed by atoms with Crippen molar-refractivity contribution in [2.75, 3.05) is 12.4 Å². The molecule has 0 aromatic heterocycles. The quantitative estimate of drug-likeness (QED) is 0.781. The van der Waals surface area contributed by atoms with Crippen molar-refractivity contribution in [3.63, 3.8) is 0 Å². The Morgan fingerprint density at radius 1 is 1.19 bits per heavy atom. The summed E-state index contributed by atoms with van der Waals surface area (Å²) in [6.45, 7) is 6.19. The van der Waals surface area contributed by atoms with Crippen molar-refractivity contribution in [3.8, 4) is 5.75 Å². The van der Waals surface area contributed by atoms with Crippen LogP contribution in [0.25, 0.3) is 0 Å². The van der Waals surface area contributed by atoms with Gasteiger partial charge >= 0.3 is 0 Å². The van der Waals surface area contributed by atoms with E-state index >= 15 is 0 Å². The van der Waals surface area contributed by atoms with Crippen molar-refractivity contribution >= 4 is 15.9 Å². The lowest BCUT2D eigenvalue weighted by atomic mass is 10.1. The fourth-order valence-electron chi connectivity index (χ4n) is 1.43. The highest BCUT2D eigenvalue weighted by Gasteiger charge is 2.19. The Morgan fingerprint density at radius 3 is 2.12 bits per heavy atom. The van der Waals surface area contributed by atoms with E-state index in [1.165, 1.54) is 0 Å². The van der Waals surface area contributed by atoms with Crippen LogP contribution in [0, 0.1) is 0 Å². The van der Waals surface area contributed by atoms with Gasteiger partial charge in [0.1, 0.15) is 5.75 Å². The molecule has 0 fully saturated rings. The van der Waals surface area contributed by atoms with E-state index in [-0.39, 0.29) is 11.7 Å². The van der Waals surface area contributed by atoms with Crippen molar-refractivity contribution in [3.05, 3.63) is 29.8 Å². The normalized spacial score (nSPS) is 13.6. The van der Waals surface area contributed by atoms with Crippen LogP contribution in [0.4, 0.5) is 0 Å². The van der Waals surface area contributed by atoms with Gasteiger partial charge in [0.15, 0.2) is 0 Å². The van der Waals surface area contributed by atoms with Crippen molar-refractivity contribution in [2.45, 2.75) is 32.5 Å². The van der Waals surface area contributed by atoms with Gasteiger partial charge in [0.25, 0.3) is 0 Å². The van der Waals surface area contributed by atoms with E-state index in [0.717, 1.165) is 16.6 Å². The molecule has 0 aliphatic rings. The summed E-state index contributed by atoms with van der Waals surface area (Å²) in [5.74, 6) is 0.868. The van der Waals surface area contributed by atoms with Gasteiger partial charge < -0.3 is 9.47 Å². The number of ether oxygens (including phenoxy) is 2. The topological polar surface area (TPSA) is 18.5 Å². The third-order valence-corrected chi connectivity index (χ3v) is 2.71. The van der Waals surface area contributed by atoms with Gasteiger partial charge in [0.05, 0.1) is 18.8 Å². The first kappa shape index (κ1) is 13.5. The van der Waals surface area contributed by atoms with E-state index < -0.39 is 0 Å². The summed E-state index contributed by atoms with van der Waals surface area (Å²) in [5, 5.41) is 0.788. The van der Waals surface area contributed by atoms with Gasteiger partial charge in [-0.2, -0.15) is 0 Å². The monoisotopic (exact) mass is 286 g/mol. The fourth-order valence-corrected chi connectivity index (χ4v) is 1.94. The smallest absolute Gasteiger partial charge is 0.118 e. The van der Waals surface area contributed by atoms with Gasteiger partial charge in [-0.05, 0) is 38.5 Å². The summed E-state index contributed by atoms with van der Waals surface area (Å²) in [4.78, 5) is 0. The molecule has 0 saturated heterocycles. The third-order valence-electron chi connectivity index (χ3n) is 2.12. The number of hydrogen-bond donors (Lipinski definition) is 0. The molecule has 0 radical (unpaired) electrons. The van der Waals surface area contributed by atoms with E-state index in [1.807, 2.05) is 24.3 Å². The molecule has 2 nitrogen and oxygen atoms in total. The fraction of sp³-hybridized carbons (Fsp3) is 0.538. The predicted octanol–water partition coefficient (Wildman–Crippen LogP) is 3.95. The van der Waals surface area contributed by atoms with Crippen molar-refractivity contribution < 1.29 is 9.47 Å². The van der Waals surface area contributed by atoms with E-state index in [4.69, 9.17) is 9.47 Å². The minimum Gasteiger partial charge on any atom is -0.497 e. The zero-order valence-corrected chi connectivity index (χ0v) is 11.9. The lowest BCUT2D eigenvalue weighted by Crippen LogP contribution is -2.23. The molecule has 0 aliphatic heterocycles. The summed E-state index contributed by atoms with van der Waals surface area (Å²) in [7, 11) is 1.67.